The van der Waals surface area contributed by atoms with Gasteiger partial charge in [0.25, 0.3) is 6.43 Å². The molecule has 0 spiro atoms. The monoisotopic (exact) mass is 551 g/mol. The number of para-hydroxylation sites is 1. The molecule has 0 saturated heterocycles. The quantitative estimate of drug-likeness (QED) is 0.205. The van der Waals surface area contributed by atoms with Gasteiger partial charge >= 0.3 is 5.97 Å². The van der Waals surface area contributed by atoms with Crippen LogP contribution in [0.5, 0.6) is 11.5 Å². The van der Waals surface area contributed by atoms with E-state index >= 15 is 0 Å². The van der Waals surface area contributed by atoms with E-state index < -0.39 is 23.5 Å². The number of halogens is 2. The first kappa shape index (κ1) is 27.6. The number of carboxylic acids is 1. The zero-order chi connectivity index (χ0) is 29.4. The second-order valence-corrected chi connectivity index (χ2v) is 10.1. The van der Waals surface area contributed by atoms with Crippen LogP contribution >= 0.6 is 0 Å². The Hall–Kier alpha value is -4.91. The van der Waals surface area contributed by atoms with Crippen LogP contribution < -0.4 is 4.74 Å². The molecule has 1 N–H and O–H groups in total. The van der Waals surface area contributed by atoms with Gasteiger partial charge in [-0.25, -0.2) is 13.6 Å². The fourth-order valence-electron chi connectivity index (χ4n) is 5.12. The summed E-state index contributed by atoms with van der Waals surface area (Å²) in [5, 5.41) is 10.8. The number of nitrogens with zero attached hydrogens (tertiary/aromatic N) is 1. The van der Waals surface area contributed by atoms with Crippen molar-refractivity contribution in [2.45, 2.75) is 34.1 Å². The number of ketones is 1. The summed E-state index contributed by atoms with van der Waals surface area (Å²) in [6.45, 7) is 7.17. The number of hydrogen-bond donors (Lipinski definition) is 1. The van der Waals surface area contributed by atoms with Crippen LogP contribution in [0.3, 0.4) is 0 Å². The summed E-state index contributed by atoms with van der Waals surface area (Å²) < 4.78 is 35.5. The smallest absolute Gasteiger partial charge is 0.340 e. The van der Waals surface area contributed by atoms with Gasteiger partial charge in [-0.3, -0.25) is 9.78 Å². The van der Waals surface area contributed by atoms with Crippen molar-refractivity contribution in [1.29, 1.82) is 0 Å². The maximum atomic E-state index is 14.7. The fraction of sp³-hybridized carbons (Fsp3) is 0.147. The first-order valence-corrected chi connectivity index (χ1v) is 13.0. The van der Waals surface area contributed by atoms with Crippen molar-refractivity contribution in [1.82, 2.24) is 4.98 Å². The molecule has 41 heavy (non-hydrogen) atoms. The summed E-state index contributed by atoms with van der Waals surface area (Å²) in [6, 6.07) is 20.5. The van der Waals surface area contributed by atoms with Crippen molar-refractivity contribution in [3.8, 4) is 22.6 Å². The van der Waals surface area contributed by atoms with Crippen molar-refractivity contribution >= 4 is 22.7 Å². The van der Waals surface area contributed by atoms with Crippen LogP contribution in [0.25, 0.3) is 22.0 Å². The number of aromatic nitrogens is 1. The zero-order valence-electron chi connectivity index (χ0n) is 23.0. The summed E-state index contributed by atoms with van der Waals surface area (Å²) in [4.78, 5) is 29.9. The number of carboxylic acid groups (broad SMARTS) is 1. The predicted octanol–water partition coefficient (Wildman–Crippen LogP) is 8.79. The second-order valence-electron chi connectivity index (χ2n) is 10.1. The lowest BCUT2D eigenvalue weighted by molar-refractivity contribution is 0.0681. The molecule has 0 bridgehead atoms. The Balaban J connectivity index is 1.62. The van der Waals surface area contributed by atoms with Crippen molar-refractivity contribution in [3.63, 3.8) is 0 Å². The average Bonchev–Trinajstić information content (AvgIpc) is 2.93. The van der Waals surface area contributed by atoms with Gasteiger partial charge in [0, 0.05) is 28.3 Å². The standard InChI is InChI=1S/C34H27F2NO4/c1-18-8-10-22(11-9-18)32(38)23-12-13-26(20(3)16-23)41-27-17-21(4)28(30(33(35)36)29(27)34(39)40)24-14-15-37-31-19(2)6-5-7-25(24)31/h5-17,33H,1-4H3,(H,39,40). The molecular formula is C34H27F2NO4. The third-order valence-electron chi connectivity index (χ3n) is 7.17. The molecule has 4 aromatic carbocycles. The van der Waals surface area contributed by atoms with Gasteiger partial charge < -0.3 is 9.84 Å². The van der Waals surface area contributed by atoms with E-state index in [1.165, 1.54) is 12.3 Å². The summed E-state index contributed by atoms with van der Waals surface area (Å²) in [5.41, 5.74) is 3.87. The van der Waals surface area contributed by atoms with Crippen molar-refractivity contribution < 1.29 is 28.2 Å². The highest BCUT2D eigenvalue weighted by Gasteiger charge is 2.30. The number of hydrogen-bond acceptors (Lipinski definition) is 4. The van der Waals surface area contributed by atoms with Gasteiger partial charge in [0.05, 0.1) is 5.52 Å². The van der Waals surface area contributed by atoms with Crippen LogP contribution in [-0.4, -0.2) is 21.8 Å². The molecule has 206 valence electrons. The molecule has 5 aromatic rings. The zero-order valence-corrected chi connectivity index (χ0v) is 23.0. The van der Waals surface area contributed by atoms with E-state index in [0.29, 0.717) is 38.7 Å². The topological polar surface area (TPSA) is 76.5 Å². The fourth-order valence-corrected chi connectivity index (χ4v) is 5.12. The van der Waals surface area contributed by atoms with Crippen LogP contribution in [0, 0.1) is 27.7 Å². The summed E-state index contributed by atoms with van der Waals surface area (Å²) >= 11 is 0. The lowest BCUT2D eigenvalue weighted by Crippen LogP contribution is -2.10. The molecule has 0 aliphatic rings. The summed E-state index contributed by atoms with van der Waals surface area (Å²) in [5.74, 6) is -1.66. The molecule has 5 nitrogen and oxygen atoms in total. The summed E-state index contributed by atoms with van der Waals surface area (Å²) in [6.07, 6.45) is -1.56. The molecule has 0 saturated carbocycles. The molecule has 5 rings (SSSR count). The van der Waals surface area contributed by atoms with E-state index in [4.69, 9.17) is 4.74 Å². The number of aryl methyl sites for hydroxylation is 4. The maximum absolute atomic E-state index is 14.7. The molecule has 1 heterocycles. The molecular weight excluding hydrogens is 524 g/mol. The highest BCUT2D eigenvalue weighted by atomic mass is 19.3. The number of pyridine rings is 1. The molecule has 0 aliphatic heterocycles. The minimum Gasteiger partial charge on any atom is -0.478 e. The lowest BCUT2D eigenvalue weighted by atomic mass is 9.88. The van der Waals surface area contributed by atoms with Gasteiger partial charge in [0.15, 0.2) is 5.78 Å². The highest BCUT2D eigenvalue weighted by Crippen LogP contribution is 2.44. The largest absolute Gasteiger partial charge is 0.478 e. The Morgan fingerprint density at radius 1 is 0.805 bits per heavy atom. The number of benzene rings is 4. The van der Waals surface area contributed by atoms with E-state index in [2.05, 4.69) is 4.98 Å². The molecule has 0 atom stereocenters. The van der Waals surface area contributed by atoms with Gasteiger partial charge in [0.1, 0.15) is 17.1 Å². The molecule has 0 radical (unpaired) electrons. The number of alkyl halides is 2. The highest BCUT2D eigenvalue weighted by molar-refractivity contribution is 6.09. The van der Waals surface area contributed by atoms with Gasteiger partial charge in [-0.15, -0.1) is 0 Å². The lowest BCUT2D eigenvalue weighted by Gasteiger charge is -2.21. The number of rotatable bonds is 7. The molecule has 0 amide bonds. The van der Waals surface area contributed by atoms with Gasteiger partial charge in [-0.05, 0) is 85.8 Å². The molecule has 7 heteroatoms. The second kappa shape index (κ2) is 10.9. The van der Waals surface area contributed by atoms with Crippen molar-refractivity contribution in [3.05, 3.63) is 124 Å². The molecule has 0 aliphatic carbocycles. The Morgan fingerprint density at radius 2 is 1.51 bits per heavy atom. The van der Waals surface area contributed by atoms with E-state index in [0.717, 1.165) is 11.1 Å². The number of carbonyl (C=O) groups is 2. The molecule has 1 aromatic heterocycles. The average molecular weight is 552 g/mol. The minimum absolute atomic E-state index is 0.138. The van der Waals surface area contributed by atoms with Gasteiger partial charge in [0.2, 0.25) is 0 Å². The van der Waals surface area contributed by atoms with Crippen LogP contribution in [0.1, 0.15) is 60.5 Å². The van der Waals surface area contributed by atoms with Crippen LogP contribution in [0.15, 0.2) is 79.0 Å². The Kier molecular flexibility index (Phi) is 7.37. The number of carbonyl (C=O) groups excluding carboxylic acids is 1. The first-order valence-electron chi connectivity index (χ1n) is 13.0. The molecule has 0 fully saturated rings. The third kappa shape index (κ3) is 5.18. The number of aromatic carboxylic acids is 1. The predicted molar refractivity (Wildman–Crippen MR) is 154 cm³/mol. The minimum atomic E-state index is -3.10. The van der Waals surface area contributed by atoms with E-state index in [1.807, 2.05) is 38.1 Å². The van der Waals surface area contributed by atoms with Gasteiger partial charge in [-0.2, -0.15) is 0 Å². The number of ether oxygens (including phenoxy) is 1. The van der Waals surface area contributed by atoms with E-state index in [1.54, 1.807) is 56.3 Å². The Labute approximate surface area is 236 Å². The SMILES string of the molecule is Cc1ccc(C(=O)c2ccc(Oc3cc(C)c(-c4ccnc5c(C)cccc45)c(C(F)F)c3C(=O)O)c(C)c2)cc1. The van der Waals surface area contributed by atoms with E-state index in [-0.39, 0.29) is 22.8 Å². The third-order valence-corrected chi connectivity index (χ3v) is 7.17. The Morgan fingerprint density at radius 3 is 2.17 bits per heavy atom. The van der Waals surface area contributed by atoms with Crippen LogP contribution in [0.2, 0.25) is 0 Å². The van der Waals surface area contributed by atoms with Gasteiger partial charge in [-0.1, -0.05) is 48.0 Å². The maximum Gasteiger partial charge on any atom is 0.340 e. The summed E-state index contributed by atoms with van der Waals surface area (Å²) in [7, 11) is 0. The van der Waals surface area contributed by atoms with Crippen molar-refractivity contribution in [2.24, 2.45) is 0 Å². The first-order chi connectivity index (χ1) is 19.6. The van der Waals surface area contributed by atoms with E-state index in [9.17, 15) is 23.5 Å². The molecule has 0 unspecified atom stereocenters. The van der Waals surface area contributed by atoms with Crippen molar-refractivity contribution in [2.75, 3.05) is 0 Å². The van der Waals surface area contributed by atoms with Crippen LogP contribution in [0.4, 0.5) is 8.78 Å². The number of fused-ring (bicyclic) bond motifs is 1. The Bertz CT molecular complexity index is 1830. The van der Waals surface area contributed by atoms with Crippen LogP contribution in [-0.2, 0) is 0 Å². The normalized spacial score (nSPS) is 11.2.